The molecule has 4 heteroatoms. The summed E-state index contributed by atoms with van der Waals surface area (Å²) in [5.41, 5.74) is 0. The Hall–Kier alpha value is -1.06. The van der Waals surface area contributed by atoms with Gasteiger partial charge < -0.3 is 9.64 Å². The molecule has 0 spiro atoms. The number of hydrogen-bond donors (Lipinski definition) is 0. The summed E-state index contributed by atoms with van der Waals surface area (Å²) in [5, 5.41) is 0. The van der Waals surface area contributed by atoms with Crippen LogP contribution in [0.4, 0.5) is 0 Å². The Labute approximate surface area is 53.1 Å². The first kappa shape index (κ1) is 6.07. The van der Waals surface area contributed by atoms with Crippen LogP contribution in [0.15, 0.2) is 4.99 Å². The maximum atomic E-state index is 10.4. The van der Waals surface area contributed by atoms with E-state index in [0.29, 0.717) is 6.02 Å². The second-order valence-corrected chi connectivity index (χ2v) is 1.97. The van der Waals surface area contributed by atoms with Crippen molar-refractivity contribution in [3.63, 3.8) is 0 Å². The van der Waals surface area contributed by atoms with Crippen molar-refractivity contribution in [2.45, 2.75) is 0 Å². The lowest BCUT2D eigenvalue weighted by atomic mass is 10.7. The van der Waals surface area contributed by atoms with E-state index in [9.17, 15) is 4.79 Å². The average Bonchev–Trinajstić information content (AvgIpc) is 2.14. The predicted molar refractivity (Wildman–Crippen MR) is 32.1 cm³/mol. The number of carbonyl (C=O) groups is 1. The third kappa shape index (κ3) is 1.19. The highest BCUT2D eigenvalue weighted by atomic mass is 16.6. The number of amidine groups is 1. The topological polar surface area (TPSA) is 41.9 Å². The van der Waals surface area contributed by atoms with Crippen molar-refractivity contribution >= 4 is 12.0 Å². The Balaban J connectivity index is 2.55. The molecule has 0 aromatic carbocycles. The van der Waals surface area contributed by atoms with Gasteiger partial charge in [0, 0.05) is 14.1 Å². The number of hydrogen-bond acceptors (Lipinski definition) is 4. The summed E-state index contributed by atoms with van der Waals surface area (Å²) in [7, 11) is 3.55. The number of aliphatic imine (C=N–C) groups is 1. The minimum atomic E-state index is -0.279. The molecule has 1 aliphatic rings. The molecule has 0 atom stereocenters. The first-order valence-electron chi connectivity index (χ1n) is 2.62. The fourth-order valence-electron chi connectivity index (χ4n) is 0.531. The van der Waals surface area contributed by atoms with Crippen molar-refractivity contribution in [3.05, 3.63) is 0 Å². The Morgan fingerprint density at radius 3 is 2.56 bits per heavy atom. The Bertz CT molecular complexity index is 162. The maximum absolute atomic E-state index is 10.4. The quantitative estimate of drug-likeness (QED) is 0.411. The molecule has 0 bridgehead atoms. The largest absolute Gasteiger partial charge is 0.391 e. The third-order valence-electron chi connectivity index (χ3n) is 0.931. The number of carbonyl (C=O) groups excluding carboxylic acids is 1. The molecule has 4 nitrogen and oxygen atoms in total. The van der Waals surface area contributed by atoms with Gasteiger partial charge in [-0.2, -0.15) is 0 Å². The molecule has 9 heavy (non-hydrogen) atoms. The Morgan fingerprint density at radius 2 is 2.33 bits per heavy atom. The highest BCUT2D eigenvalue weighted by Crippen LogP contribution is 1.96. The minimum Gasteiger partial charge on any atom is -0.391 e. The van der Waals surface area contributed by atoms with Crippen LogP contribution >= 0.6 is 0 Å². The van der Waals surface area contributed by atoms with Crippen LogP contribution < -0.4 is 0 Å². The van der Waals surface area contributed by atoms with E-state index in [-0.39, 0.29) is 12.5 Å². The second-order valence-electron chi connectivity index (χ2n) is 1.97. The van der Waals surface area contributed by atoms with Gasteiger partial charge in [-0.3, -0.25) is 0 Å². The third-order valence-corrected chi connectivity index (χ3v) is 0.931. The summed E-state index contributed by atoms with van der Waals surface area (Å²) in [6.07, 6.45) is 0. The molecule has 0 aromatic rings. The van der Waals surface area contributed by atoms with Gasteiger partial charge in [-0.1, -0.05) is 0 Å². The van der Waals surface area contributed by atoms with E-state index in [0.717, 1.165) is 0 Å². The van der Waals surface area contributed by atoms with Crippen molar-refractivity contribution < 1.29 is 9.53 Å². The number of nitrogens with zero attached hydrogens (tertiary/aromatic N) is 2. The van der Waals surface area contributed by atoms with Crippen LogP contribution in [-0.4, -0.2) is 37.5 Å². The molecule has 1 heterocycles. The summed E-state index contributed by atoms with van der Waals surface area (Å²) in [4.78, 5) is 15.8. The number of rotatable bonds is 0. The maximum Gasteiger partial charge on any atom is 0.335 e. The minimum absolute atomic E-state index is 0.160. The fourth-order valence-corrected chi connectivity index (χ4v) is 0.531. The van der Waals surface area contributed by atoms with Crippen molar-refractivity contribution in [3.8, 4) is 0 Å². The van der Waals surface area contributed by atoms with E-state index in [1.54, 1.807) is 19.0 Å². The Kier molecular flexibility index (Phi) is 1.38. The molecule has 0 saturated heterocycles. The van der Waals surface area contributed by atoms with Crippen molar-refractivity contribution in [2.24, 2.45) is 4.99 Å². The summed E-state index contributed by atoms with van der Waals surface area (Å²) >= 11 is 0. The van der Waals surface area contributed by atoms with Gasteiger partial charge in [-0.25, -0.2) is 9.79 Å². The molecule has 50 valence electrons. The molecule has 0 aromatic heterocycles. The van der Waals surface area contributed by atoms with Gasteiger partial charge in [0.05, 0.1) is 0 Å². The SMILES string of the molecule is CN(C)C1=NCC(=O)O1. The molecule has 0 fully saturated rings. The average molecular weight is 128 g/mol. The standard InChI is InChI=1S/C5H8N2O2/c1-7(2)5-6-3-4(8)9-5/h3H2,1-2H3. The van der Waals surface area contributed by atoms with Crippen LogP contribution in [0.2, 0.25) is 0 Å². The summed E-state index contributed by atoms with van der Waals surface area (Å²) in [5.74, 6) is -0.279. The van der Waals surface area contributed by atoms with E-state index in [1.165, 1.54) is 0 Å². The van der Waals surface area contributed by atoms with Gasteiger partial charge in [0.25, 0.3) is 6.02 Å². The zero-order chi connectivity index (χ0) is 6.85. The second kappa shape index (κ2) is 2.05. The first-order valence-corrected chi connectivity index (χ1v) is 2.62. The number of ether oxygens (including phenoxy) is 1. The molecule has 0 aliphatic carbocycles. The fraction of sp³-hybridized carbons (Fsp3) is 0.600. The highest BCUT2D eigenvalue weighted by molar-refractivity contribution is 5.93. The van der Waals surface area contributed by atoms with Crippen LogP contribution in [0, 0.1) is 0 Å². The molecule has 0 N–H and O–H groups in total. The van der Waals surface area contributed by atoms with Crippen molar-refractivity contribution in [1.29, 1.82) is 0 Å². The molecule has 1 rings (SSSR count). The summed E-state index contributed by atoms with van der Waals surface area (Å²) in [6, 6.07) is 0.403. The Morgan fingerprint density at radius 1 is 1.67 bits per heavy atom. The molecular formula is C5H8N2O2. The van der Waals surface area contributed by atoms with E-state index < -0.39 is 0 Å². The van der Waals surface area contributed by atoms with E-state index in [1.807, 2.05) is 0 Å². The lowest BCUT2D eigenvalue weighted by Gasteiger charge is -2.07. The van der Waals surface area contributed by atoms with Crippen molar-refractivity contribution in [1.82, 2.24) is 4.90 Å². The summed E-state index contributed by atoms with van der Waals surface area (Å²) < 4.78 is 4.66. The van der Waals surface area contributed by atoms with Crippen LogP contribution in [0.25, 0.3) is 0 Å². The monoisotopic (exact) mass is 128 g/mol. The van der Waals surface area contributed by atoms with E-state index in [2.05, 4.69) is 9.73 Å². The van der Waals surface area contributed by atoms with Crippen molar-refractivity contribution in [2.75, 3.05) is 20.6 Å². The first-order chi connectivity index (χ1) is 4.20. The lowest BCUT2D eigenvalue weighted by molar-refractivity contribution is -0.132. The van der Waals surface area contributed by atoms with Gasteiger partial charge >= 0.3 is 5.97 Å². The van der Waals surface area contributed by atoms with E-state index >= 15 is 0 Å². The predicted octanol–water partition coefficient (Wildman–Crippen LogP) is -0.539. The zero-order valence-electron chi connectivity index (χ0n) is 5.42. The van der Waals surface area contributed by atoms with Gasteiger partial charge in [-0.15, -0.1) is 0 Å². The van der Waals surface area contributed by atoms with Crippen LogP contribution in [0.5, 0.6) is 0 Å². The molecule has 0 unspecified atom stereocenters. The molecule has 0 radical (unpaired) electrons. The number of cyclic esters (lactones) is 1. The van der Waals surface area contributed by atoms with Crippen LogP contribution in [0.1, 0.15) is 0 Å². The van der Waals surface area contributed by atoms with Crippen LogP contribution in [0.3, 0.4) is 0 Å². The van der Waals surface area contributed by atoms with Gasteiger partial charge in [0.1, 0.15) is 6.54 Å². The van der Waals surface area contributed by atoms with Gasteiger partial charge in [0.2, 0.25) is 0 Å². The van der Waals surface area contributed by atoms with E-state index in [4.69, 9.17) is 0 Å². The zero-order valence-corrected chi connectivity index (χ0v) is 5.42. The van der Waals surface area contributed by atoms with Gasteiger partial charge in [0.15, 0.2) is 0 Å². The molecule has 1 aliphatic heterocycles. The number of esters is 1. The highest BCUT2D eigenvalue weighted by Gasteiger charge is 2.16. The van der Waals surface area contributed by atoms with Crippen LogP contribution in [-0.2, 0) is 9.53 Å². The van der Waals surface area contributed by atoms with Gasteiger partial charge in [-0.05, 0) is 0 Å². The normalized spacial score (nSPS) is 17.1. The lowest BCUT2D eigenvalue weighted by Crippen LogP contribution is -2.22. The molecule has 0 saturated carbocycles. The molecular weight excluding hydrogens is 120 g/mol. The molecule has 0 amide bonds. The summed E-state index contributed by atoms with van der Waals surface area (Å²) in [6.45, 7) is 0.160. The smallest absolute Gasteiger partial charge is 0.335 e.